The first-order valence-corrected chi connectivity index (χ1v) is 8.44. The number of carbonyl (C=O) groups excluding carboxylic acids is 2. The second-order valence-electron chi connectivity index (χ2n) is 6.54. The van der Waals surface area contributed by atoms with Gasteiger partial charge in [0.15, 0.2) is 6.61 Å². The minimum atomic E-state index is -0.294. The van der Waals surface area contributed by atoms with E-state index in [2.05, 4.69) is 24.4 Å². The summed E-state index contributed by atoms with van der Waals surface area (Å²) in [6, 6.07) is 7.22. The highest BCUT2D eigenvalue weighted by molar-refractivity contribution is 6.02. The van der Waals surface area contributed by atoms with Crippen molar-refractivity contribution in [3.8, 4) is 5.75 Å². The van der Waals surface area contributed by atoms with Crippen LogP contribution in [0.2, 0.25) is 0 Å². The summed E-state index contributed by atoms with van der Waals surface area (Å²) in [5.74, 6) is 0.874. The number of ether oxygens (including phenoxy) is 1. The van der Waals surface area contributed by atoms with Crippen molar-refractivity contribution in [2.45, 2.75) is 33.1 Å². The maximum atomic E-state index is 12.3. The molecule has 2 aliphatic rings. The quantitative estimate of drug-likeness (QED) is 0.865. The first-order valence-electron chi connectivity index (χ1n) is 8.44. The van der Waals surface area contributed by atoms with Crippen molar-refractivity contribution < 1.29 is 14.3 Å². The molecular formula is C18H23N3O3. The zero-order valence-electron chi connectivity index (χ0n) is 14.1. The van der Waals surface area contributed by atoms with Crippen LogP contribution >= 0.6 is 0 Å². The van der Waals surface area contributed by atoms with Crippen LogP contribution in [0.25, 0.3) is 0 Å². The fourth-order valence-corrected chi connectivity index (χ4v) is 3.37. The lowest BCUT2D eigenvalue weighted by atomic mass is 9.81. The van der Waals surface area contributed by atoms with Crippen LogP contribution in [0, 0.1) is 11.8 Å². The minimum Gasteiger partial charge on any atom is -0.482 e. The van der Waals surface area contributed by atoms with Crippen LogP contribution in [0.15, 0.2) is 29.4 Å². The minimum absolute atomic E-state index is 0.0487. The van der Waals surface area contributed by atoms with Gasteiger partial charge in [-0.2, -0.15) is 5.10 Å². The third kappa shape index (κ3) is 3.42. The van der Waals surface area contributed by atoms with Crippen LogP contribution in [0.4, 0.5) is 5.69 Å². The van der Waals surface area contributed by atoms with E-state index in [4.69, 9.17) is 4.74 Å². The molecule has 6 heteroatoms. The Morgan fingerprint density at radius 1 is 1.29 bits per heavy atom. The van der Waals surface area contributed by atoms with Crippen LogP contribution in [-0.2, 0) is 9.59 Å². The summed E-state index contributed by atoms with van der Waals surface area (Å²) in [5, 5.41) is 4.34. The summed E-state index contributed by atoms with van der Waals surface area (Å²) in [4.78, 5) is 25.8. The molecule has 0 saturated heterocycles. The number of amides is 2. The summed E-state index contributed by atoms with van der Waals surface area (Å²) >= 11 is 0. The van der Waals surface area contributed by atoms with Crippen LogP contribution in [0.5, 0.6) is 5.75 Å². The standard InChI is InChI=1S/C18H23N3O3/c1-12-6-5-7-13(2)18(12)20-19-16(22)10-21-14-8-3-4-9-15(14)24-11-17(21)23/h3-4,8-9,12-13H,5-7,10-11H2,1-2H3,(H,19,22)/t12-,13-/m0/s1. The van der Waals surface area contributed by atoms with Crippen molar-refractivity contribution in [3.63, 3.8) is 0 Å². The highest BCUT2D eigenvalue weighted by atomic mass is 16.5. The molecule has 0 aromatic heterocycles. The van der Waals surface area contributed by atoms with Gasteiger partial charge in [0.2, 0.25) is 0 Å². The summed E-state index contributed by atoms with van der Waals surface area (Å²) in [6.45, 7) is 4.18. The summed E-state index contributed by atoms with van der Waals surface area (Å²) < 4.78 is 5.38. The van der Waals surface area contributed by atoms with E-state index in [1.165, 1.54) is 11.3 Å². The number of rotatable bonds is 3. The van der Waals surface area contributed by atoms with Crippen LogP contribution in [0.1, 0.15) is 33.1 Å². The van der Waals surface area contributed by atoms with E-state index in [9.17, 15) is 9.59 Å². The van der Waals surface area contributed by atoms with Crippen molar-refractivity contribution in [1.82, 2.24) is 5.43 Å². The van der Waals surface area contributed by atoms with Crippen molar-refractivity contribution in [1.29, 1.82) is 0 Å². The molecule has 1 saturated carbocycles. The molecule has 3 rings (SSSR count). The number of hydrogen-bond acceptors (Lipinski definition) is 4. The van der Waals surface area contributed by atoms with E-state index in [1.54, 1.807) is 12.1 Å². The molecule has 24 heavy (non-hydrogen) atoms. The van der Waals surface area contributed by atoms with Gasteiger partial charge in [-0.05, 0) is 36.8 Å². The summed E-state index contributed by atoms with van der Waals surface area (Å²) in [5.41, 5.74) is 4.29. The fraction of sp³-hybridized carbons (Fsp3) is 0.500. The number of nitrogens with zero attached hydrogens (tertiary/aromatic N) is 2. The lowest BCUT2D eigenvalue weighted by Gasteiger charge is -2.29. The van der Waals surface area contributed by atoms with Crippen LogP contribution in [0.3, 0.4) is 0 Å². The molecule has 2 amide bonds. The van der Waals surface area contributed by atoms with Crippen molar-refractivity contribution in [3.05, 3.63) is 24.3 Å². The molecule has 6 nitrogen and oxygen atoms in total. The number of benzene rings is 1. The zero-order valence-corrected chi connectivity index (χ0v) is 14.1. The van der Waals surface area contributed by atoms with E-state index in [1.807, 2.05) is 12.1 Å². The molecule has 1 aliphatic carbocycles. The molecule has 0 spiro atoms. The van der Waals surface area contributed by atoms with Crippen molar-refractivity contribution in [2.75, 3.05) is 18.1 Å². The molecular weight excluding hydrogens is 306 g/mol. The van der Waals surface area contributed by atoms with Gasteiger partial charge in [0.25, 0.3) is 11.8 Å². The van der Waals surface area contributed by atoms with Crippen molar-refractivity contribution in [2.24, 2.45) is 16.9 Å². The predicted octanol–water partition coefficient (Wildman–Crippen LogP) is 2.34. The second-order valence-corrected chi connectivity index (χ2v) is 6.54. The van der Waals surface area contributed by atoms with E-state index in [-0.39, 0.29) is 25.0 Å². The Morgan fingerprint density at radius 2 is 2.00 bits per heavy atom. The number of carbonyl (C=O) groups is 2. The Balaban J connectivity index is 1.68. The van der Waals surface area contributed by atoms with Crippen LogP contribution < -0.4 is 15.1 Å². The normalized spacial score (nSPS) is 23.3. The summed E-state index contributed by atoms with van der Waals surface area (Å²) in [7, 11) is 0. The van der Waals surface area contributed by atoms with Gasteiger partial charge in [0.05, 0.1) is 5.69 Å². The average molecular weight is 329 g/mol. The number of fused-ring (bicyclic) bond motifs is 1. The van der Waals surface area contributed by atoms with Gasteiger partial charge in [-0.15, -0.1) is 0 Å². The Morgan fingerprint density at radius 3 is 2.75 bits per heavy atom. The number of anilines is 1. The molecule has 2 atom stereocenters. The fourth-order valence-electron chi connectivity index (χ4n) is 3.37. The maximum Gasteiger partial charge on any atom is 0.265 e. The molecule has 0 bridgehead atoms. The van der Waals surface area contributed by atoms with Gasteiger partial charge >= 0.3 is 0 Å². The largest absolute Gasteiger partial charge is 0.482 e. The zero-order chi connectivity index (χ0) is 17.1. The van der Waals surface area contributed by atoms with Crippen LogP contribution in [-0.4, -0.2) is 30.7 Å². The lowest BCUT2D eigenvalue weighted by molar-refractivity contribution is -0.125. The first-order chi connectivity index (χ1) is 11.6. The van der Waals surface area contributed by atoms with Gasteiger partial charge in [-0.1, -0.05) is 32.4 Å². The topological polar surface area (TPSA) is 71.0 Å². The Kier molecular flexibility index (Phi) is 4.83. The molecule has 1 heterocycles. The molecule has 1 fully saturated rings. The highest BCUT2D eigenvalue weighted by Gasteiger charge is 2.27. The third-order valence-corrected chi connectivity index (χ3v) is 4.70. The Labute approximate surface area is 141 Å². The molecule has 128 valence electrons. The van der Waals surface area contributed by atoms with Gasteiger partial charge in [-0.3, -0.25) is 14.5 Å². The van der Waals surface area contributed by atoms with E-state index >= 15 is 0 Å². The number of nitrogens with one attached hydrogen (secondary N) is 1. The monoisotopic (exact) mass is 329 g/mol. The predicted molar refractivity (Wildman–Crippen MR) is 92.0 cm³/mol. The van der Waals surface area contributed by atoms with Gasteiger partial charge in [-0.25, -0.2) is 5.43 Å². The number of para-hydroxylation sites is 2. The van der Waals surface area contributed by atoms with E-state index < -0.39 is 0 Å². The lowest BCUT2D eigenvalue weighted by Crippen LogP contribution is -2.44. The van der Waals surface area contributed by atoms with Gasteiger partial charge < -0.3 is 4.74 Å². The Hall–Kier alpha value is -2.37. The molecule has 1 N–H and O–H groups in total. The third-order valence-electron chi connectivity index (χ3n) is 4.70. The molecule has 0 unspecified atom stereocenters. The summed E-state index contributed by atoms with van der Waals surface area (Å²) in [6.07, 6.45) is 3.41. The molecule has 1 aromatic rings. The molecule has 1 aromatic carbocycles. The first kappa shape index (κ1) is 16.5. The van der Waals surface area contributed by atoms with Gasteiger partial charge in [0.1, 0.15) is 12.3 Å². The average Bonchev–Trinajstić information content (AvgIpc) is 2.57. The number of hydrogen-bond donors (Lipinski definition) is 1. The van der Waals surface area contributed by atoms with Crippen molar-refractivity contribution >= 4 is 23.2 Å². The van der Waals surface area contributed by atoms with E-state index in [0.29, 0.717) is 23.3 Å². The smallest absolute Gasteiger partial charge is 0.265 e. The molecule has 1 aliphatic heterocycles. The number of hydrazone groups is 1. The van der Waals surface area contributed by atoms with Gasteiger partial charge in [0, 0.05) is 5.71 Å². The SMILES string of the molecule is C[C@H]1CCC[C@H](C)C1=NNC(=O)CN1C(=O)COc2ccccc21. The second kappa shape index (κ2) is 7.03. The van der Waals surface area contributed by atoms with E-state index in [0.717, 1.165) is 18.6 Å². The Bertz CT molecular complexity index is 659. The highest BCUT2D eigenvalue weighted by Crippen LogP contribution is 2.31. The maximum absolute atomic E-state index is 12.3. The molecule has 0 radical (unpaired) electrons.